The fraction of sp³-hybridized carbons (Fsp3) is 0.308. The van der Waals surface area contributed by atoms with Gasteiger partial charge in [0.05, 0.1) is 6.54 Å². The fourth-order valence-electron chi connectivity index (χ4n) is 1.60. The van der Waals surface area contributed by atoms with Crippen LogP contribution in [0.15, 0.2) is 30.3 Å². The maximum absolute atomic E-state index is 12.0. The van der Waals surface area contributed by atoms with Gasteiger partial charge < -0.3 is 4.90 Å². The van der Waals surface area contributed by atoms with Gasteiger partial charge in [0.15, 0.2) is 0 Å². The molecule has 0 bridgehead atoms. The Kier molecular flexibility index (Phi) is 2.73. The van der Waals surface area contributed by atoms with Gasteiger partial charge in [0.2, 0.25) is 0 Å². The highest BCUT2D eigenvalue weighted by atomic mass is 16.2. The summed E-state index contributed by atoms with van der Waals surface area (Å²) in [5.74, 6) is 2.60. The van der Waals surface area contributed by atoms with Crippen LogP contribution in [0.25, 0.3) is 0 Å². The predicted octanol–water partition coefficient (Wildman–Crippen LogP) is 1.92. The van der Waals surface area contributed by atoms with Crippen LogP contribution in [0.5, 0.6) is 0 Å². The van der Waals surface area contributed by atoms with Crippen LogP contribution in [-0.2, 0) is 0 Å². The van der Waals surface area contributed by atoms with Crippen molar-refractivity contribution in [1.29, 1.82) is 0 Å². The van der Waals surface area contributed by atoms with Crippen LogP contribution >= 0.6 is 0 Å². The third-order valence-electron chi connectivity index (χ3n) is 2.53. The lowest BCUT2D eigenvalue weighted by Gasteiger charge is -2.19. The van der Waals surface area contributed by atoms with E-state index in [-0.39, 0.29) is 5.91 Å². The Morgan fingerprint density at radius 2 is 2.07 bits per heavy atom. The number of rotatable bonds is 3. The molecule has 2 rings (SSSR count). The van der Waals surface area contributed by atoms with Gasteiger partial charge in [-0.15, -0.1) is 6.42 Å². The molecule has 0 atom stereocenters. The minimum Gasteiger partial charge on any atom is -0.325 e. The normalized spacial score (nSPS) is 14.3. The average molecular weight is 199 g/mol. The van der Waals surface area contributed by atoms with Gasteiger partial charge in [-0.05, 0) is 25.0 Å². The Bertz CT molecular complexity index is 387. The summed E-state index contributed by atoms with van der Waals surface area (Å²) in [6.45, 7) is 0.415. The molecule has 0 heterocycles. The van der Waals surface area contributed by atoms with Crippen molar-refractivity contribution in [3.05, 3.63) is 35.9 Å². The summed E-state index contributed by atoms with van der Waals surface area (Å²) in [6, 6.07) is 9.67. The molecular formula is C13H13NO. The number of terminal acetylenes is 1. The van der Waals surface area contributed by atoms with Crippen molar-refractivity contribution in [3.63, 3.8) is 0 Å². The van der Waals surface area contributed by atoms with Gasteiger partial charge in [-0.25, -0.2) is 0 Å². The third-order valence-corrected chi connectivity index (χ3v) is 2.53. The molecule has 15 heavy (non-hydrogen) atoms. The Morgan fingerprint density at radius 3 is 2.60 bits per heavy atom. The molecule has 76 valence electrons. The van der Waals surface area contributed by atoms with E-state index in [1.54, 1.807) is 4.90 Å². The highest BCUT2D eigenvalue weighted by Gasteiger charge is 2.32. The van der Waals surface area contributed by atoms with E-state index in [4.69, 9.17) is 6.42 Å². The first kappa shape index (κ1) is 9.79. The summed E-state index contributed by atoms with van der Waals surface area (Å²) < 4.78 is 0. The highest BCUT2D eigenvalue weighted by molar-refractivity contribution is 5.94. The molecule has 1 aliphatic carbocycles. The zero-order chi connectivity index (χ0) is 10.7. The van der Waals surface area contributed by atoms with Crippen LogP contribution in [0.4, 0.5) is 0 Å². The lowest BCUT2D eigenvalue weighted by atomic mass is 10.2. The second-order valence-corrected chi connectivity index (χ2v) is 3.73. The SMILES string of the molecule is C#CCN(C(=O)c1ccccc1)C1CC1. The Balaban J connectivity index is 2.15. The first-order chi connectivity index (χ1) is 7.33. The van der Waals surface area contributed by atoms with Gasteiger partial charge in [-0.3, -0.25) is 4.79 Å². The molecule has 1 aromatic carbocycles. The molecule has 0 spiro atoms. The van der Waals surface area contributed by atoms with Gasteiger partial charge in [0, 0.05) is 11.6 Å². The topological polar surface area (TPSA) is 20.3 Å². The smallest absolute Gasteiger partial charge is 0.254 e. The number of carbonyl (C=O) groups excluding carboxylic acids is 1. The lowest BCUT2D eigenvalue weighted by molar-refractivity contribution is 0.0766. The van der Waals surface area contributed by atoms with Crippen molar-refractivity contribution in [1.82, 2.24) is 4.90 Å². The molecule has 2 nitrogen and oxygen atoms in total. The summed E-state index contributed by atoms with van der Waals surface area (Å²) in [5, 5.41) is 0. The Morgan fingerprint density at radius 1 is 1.40 bits per heavy atom. The predicted molar refractivity (Wildman–Crippen MR) is 59.3 cm³/mol. The molecule has 0 aromatic heterocycles. The number of amides is 1. The van der Waals surface area contributed by atoms with Crippen molar-refractivity contribution in [2.75, 3.05) is 6.54 Å². The minimum atomic E-state index is 0.0519. The molecule has 0 radical (unpaired) electrons. The molecule has 1 amide bonds. The lowest BCUT2D eigenvalue weighted by Crippen LogP contribution is -2.33. The fourth-order valence-corrected chi connectivity index (χ4v) is 1.60. The number of carbonyl (C=O) groups is 1. The number of benzene rings is 1. The van der Waals surface area contributed by atoms with E-state index >= 15 is 0 Å². The van der Waals surface area contributed by atoms with Crippen LogP contribution in [0.1, 0.15) is 23.2 Å². The van der Waals surface area contributed by atoms with Gasteiger partial charge >= 0.3 is 0 Å². The number of hydrogen-bond donors (Lipinski definition) is 0. The largest absolute Gasteiger partial charge is 0.325 e. The van der Waals surface area contributed by atoms with Crippen LogP contribution in [-0.4, -0.2) is 23.4 Å². The van der Waals surface area contributed by atoms with E-state index in [9.17, 15) is 4.79 Å². The third kappa shape index (κ3) is 2.19. The van der Waals surface area contributed by atoms with Crippen LogP contribution in [0, 0.1) is 12.3 Å². The van der Waals surface area contributed by atoms with E-state index in [0.29, 0.717) is 12.6 Å². The van der Waals surface area contributed by atoms with Crippen molar-refractivity contribution in [2.45, 2.75) is 18.9 Å². The van der Waals surface area contributed by atoms with E-state index in [1.807, 2.05) is 30.3 Å². The monoisotopic (exact) mass is 199 g/mol. The molecule has 1 saturated carbocycles. The van der Waals surface area contributed by atoms with Gasteiger partial charge in [-0.1, -0.05) is 24.1 Å². The van der Waals surface area contributed by atoms with Crippen LogP contribution < -0.4 is 0 Å². The van der Waals surface area contributed by atoms with Crippen molar-refractivity contribution in [2.24, 2.45) is 0 Å². The number of hydrogen-bond acceptors (Lipinski definition) is 1. The molecule has 1 aliphatic rings. The summed E-state index contributed by atoms with van der Waals surface area (Å²) in [7, 11) is 0. The zero-order valence-electron chi connectivity index (χ0n) is 8.52. The molecular weight excluding hydrogens is 186 g/mol. The van der Waals surface area contributed by atoms with Gasteiger partial charge in [0.25, 0.3) is 5.91 Å². The van der Waals surface area contributed by atoms with Gasteiger partial charge in [0.1, 0.15) is 0 Å². The summed E-state index contributed by atoms with van der Waals surface area (Å²) >= 11 is 0. The minimum absolute atomic E-state index is 0.0519. The average Bonchev–Trinajstić information content (AvgIpc) is 3.10. The summed E-state index contributed by atoms with van der Waals surface area (Å²) in [4.78, 5) is 13.8. The second-order valence-electron chi connectivity index (χ2n) is 3.73. The van der Waals surface area contributed by atoms with E-state index in [2.05, 4.69) is 5.92 Å². The molecule has 1 fully saturated rings. The molecule has 1 aromatic rings. The van der Waals surface area contributed by atoms with E-state index in [1.165, 1.54) is 0 Å². The Hall–Kier alpha value is -1.75. The highest BCUT2D eigenvalue weighted by Crippen LogP contribution is 2.27. The number of nitrogens with zero attached hydrogens (tertiary/aromatic N) is 1. The second kappa shape index (κ2) is 4.18. The molecule has 0 aliphatic heterocycles. The standard InChI is InChI=1S/C13H13NO/c1-2-10-14(12-8-9-12)13(15)11-6-4-3-5-7-11/h1,3-7,12H,8-10H2. The first-order valence-corrected chi connectivity index (χ1v) is 5.12. The zero-order valence-corrected chi connectivity index (χ0v) is 8.52. The van der Waals surface area contributed by atoms with E-state index in [0.717, 1.165) is 18.4 Å². The van der Waals surface area contributed by atoms with E-state index < -0.39 is 0 Å². The molecule has 2 heteroatoms. The molecule has 0 N–H and O–H groups in total. The van der Waals surface area contributed by atoms with Crippen molar-refractivity contribution < 1.29 is 4.79 Å². The first-order valence-electron chi connectivity index (χ1n) is 5.12. The molecule has 0 saturated heterocycles. The van der Waals surface area contributed by atoms with Crippen LogP contribution in [0.3, 0.4) is 0 Å². The van der Waals surface area contributed by atoms with Gasteiger partial charge in [-0.2, -0.15) is 0 Å². The quantitative estimate of drug-likeness (QED) is 0.681. The van der Waals surface area contributed by atoms with Crippen molar-refractivity contribution in [3.8, 4) is 12.3 Å². The maximum atomic E-state index is 12.0. The maximum Gasteiger partial charge on any atom is 0.254 e. The summed E-state index contributed by atoms with van der Waals surface area (Å²) in [5.41, 5.74) is 0.722. The van der Waals surface area contributed by atoms with Crippen molar-refractivity contribution >= 4 is 5.91 Å². The molecule has 0 unspecified atom stereocenters. The Labute approximate surface area is 89.9 Å². The van der Waals surface area contributed by atoms with Crippen LogP contribution in [0.2, 0.25) is 0 Å². The summed E-state index contributed by atoms with van der Waals surface area (Å²) in [6.07, 6.45) is 7.43.